The fraction of sp³-hybridized carbons (Fsp3) is 0.296. The molecule has 0 bridgehead atoms. The molecule has 1 aromatic heterocycles. The van der Waals surface area contributed by atoms with Gasteiger partial charge in [-0.2, -0.15) is 0 Å². The van der Waals surface area contributed by atoms with E-state index in [4.69, 9.17) is 9.47 Å². The zero-order valence-corrected chi connectivity index (χ0v) is 22.6. The van der Waals surface area contributed by atoms with Gasteiger partial charge in [0.2, 0.25) is 5.91 Å². The van der Waals surface area contributed by atoms with E-state index >= 15 is 0 Å². The van der Waals surface area contributed by atoms with Crippen molar-refractivity contribution >= 4 is 35.2 Å². The highest BCUT2D eigenvalue weighted by atomic mass is 32.2. The van der Waals surface area contributed by atoms with Gasteiger partial charge in [-0.3, -0.25) is 9.59 Å². The van der Waals surface area contributed by atoms with Crippen LogP contribution in [0.15, 0.2) is 66.3 Å². The van der Waals surface area contributed by atoms with Gasteiger partial charge in [0.1, 0.15) is 5.75 Å². The maximum absolute atomic E-state index is 13.0. The summed E-state index contributed by atoms with van der Waals surface area (Å²) >= 11 is 1.21. The van der Waals surface area contributed by atoms with Crippen LogP contribution in [-0.2, 0) is 16.1 Å². The van der Waals surface area contributed by atoms with Crippen molar-refractivity contribution in [2.24, 2.45) is 5.92 Å². The van der Waals surface area contributed by atoms with Crippen LogP contribution in [0.4, 0.5) is 5.69 Å². The quantitative estimate of drug-likeness (QED) is 0.201. The van der Waals surface area contributed by atoms with E-state index < -0.39 is 12.0 Å². The number of rotatable bonds is 12. The van der Waals surface area contributed by atoms with E-state index in [0.717, 1.165) is 0 Å². The molecule has 2 amide bonds. The SMILES string of the molecule is C=CCn1c(SCC(=O)Nc2cccc(C(=O)OC)c2)nnc1[C@@H](NC(=O)c1ccc(OC)cc1)C(C)C. The number of carbonyl (C=O) groups excluding carboxylic acids is 3. The first-order valence-corrected chi connectivity index (χ1v) is 12.9. The molecular formula is C27H31N5O5S. The number of anilines is 1. The second-order valence-electron chi connectivity index (χ2n) is 8.57. The zero-order chi connectivity index (χ0) is 27.7. The van der Waals surface area contributed by atoms with E-state index in [1.165, 1.54) is 18.9 Å². The molecule has 0 radical (unpaired) electrons. The molecule has 10 nitrogen and oxygen atoms in total. The Balaban J connectivity index is 1.73. The minimum Gasteiger partial charge on any atom is -0.497 e. The minimum atomic E-state index is -0.487. The van der Waals surface area contributed by atoms with Gasteiger partial charge in [0.15, 0.2) is 11.0 Å². The van der Waals surface area contributed by atoms with Crippen molar-refractivity contribution in [1.82, 2.24) is 20.1 Å². The van der Waals surface area contributed by atoms with Crippen molar-refractivity contribution in [3.8, 4) is 5.75 Å². The number of hydrogen-bond donors (Lipinski definition) is 2. The summed E-state index contributed by atoms with van der Waals surface area (Å²) in [5.41, 5.74) is 1.31. The standard InChI is InChI=1S/C27H31N5O5S/c1-6-14-32-24(23(17(2)3)29-25(34)18-10-12-21(36-4)13-11-18)30-31-27(32)38-16-22(33)28-20-9-7-8-19(15-20)26(35)37-5/h6-13,15,17,23H,1,14,16H2,2-5H3,(H,28,33)(H,29,34)/t23-/m0/s1. The molecule has 1 atom stereocenters. The number of nitrogens with zero attached hydrogens (tertiary/aromatic N) is 3. The number of ether oxygens (including phenoxy) is 2. The Bertz CT molecular complexity index is 1290. The lowest BCUT2D eigenvalue weighted by Crippen LogP contribution is -2.33. The van der Waals surface area contributed by atoms with Crippen molar-refractivity contribution in [2.75, 3.05) is 25.3 Å². The topological polar surface area (TPSA) is 124 Å². The molecule has 3 rings (SSSR count). The van der Waals surface area contributed by atoms with E-state index in [1.54, 1.807) is 61.7 Å². The fourth-order valence-corrected chi connectivity index (χ4v) is 4.36. The van der Waals surface area contributed by atoms with E-state index in [9.17, 15) is 14.4 Å². The Morgan fingerprint density at radius 2 is 1.82 bits per heavy atom. The summed E-state index contributed by atoms with van der Waals surface area (Å²) < 4.78 is 11.7. The number of amides is 2. The maximum Gasteiger partial charge on any atom is 0.337 e. The van der Waals surface area contributed by atoms with E-state index in [2.05, 4.69) is 27.4 Å². The molecular weight excluding hydrogens is 506 g/mol. The summed E-state index contributed by atoms with van der Waals surface area (Å²) in [5, 5.41) is 15.0. The van der Waals surface area contributed by atoms with Crippen LogP contribution in [0, 0.1) is 5.92 Å². The summed E-state index contributed by atoms with van der Waals surface area (Å²) in [6.07, 6.45) is 1.71. The third-order valence-electron chi connectivity index (χ3n) is 5.54. The molecule has 0 aliphatic carbocycles. The number of hydrogen-bond acceptors (Lipinski definition) is 8. The Kier molecular flexibility index (Phi) is 10.1. The number of nitrogens with one attached hydrogen (secondary N) is 2. The molecule has 1 heterocycles. The van der Waals surface area contributed by atoms with Crippen LogP contribution in [0.25, 0.3) is 0 Å². The lowest BCUT2D eigenvalue weighted by Gasteiger charge is -2.22. The number of benzene rings is 2. The number of thioether (sulfide) groups is 1. The first-order valence-electron chi connectivity index (χ1n) is 11.9. The maximum atomic E-state index is 13.0. The Morgan fingerprint density at radius 3 is 2.45 bits per heavy atom. The molecule has 38 heavy (non-hydrogen) atoms. The van der Waals surface area contributed by atoms with Gasteiger partial charge in [-0.25, -0.2) is 4.79 Å². The molecule has 2 aromatic carbocycles. The average molecular weight is 538 g/mol. The van der Waals surface area contributed by atoms with Crippen molar-refractivity contribution in [1.29, 1.82) is 0 Å². The summed E-state index contributed by atoms with van der Waals surface area (Å²) in [5.74, 6) is 0.280. The fourth-order valence-electron chi connectivity index (χ4n) is 3.60. The predicted molar refractivity (Wildman–Crippen MR) is 145 cm³/mol. The number of carbonyl (C=O) groups is 3. The molecule has 0 aliphatic heterocycles. The molecule has 0 unspecified atom stereocenters. The van der Waals surface area contributed by atoms with Gasteiger partial charge >= 0.3 is 5.97 Å². The highest BCUT2D eigenvalue weighted by Crippen LogP contribution is 2.26. The molecule has 0 fully saturated rings. The van der Waals surface area contributed by atoms with Gasteiger partial charge in [-0.15, -0.1) is 16.8 Å². The van der Waals surface area contributed by atoms with Crippen LogP contribution in [0.1, 0.15) is 46.4 Å². The number of allylic oxidation sites excluding steroid dienone is 1. The summed E-state index contributed by atoms with van der Waals surface area (Å²) in [6.45, 7) is 8.18. The summed E-state index contributed by atoms with van der Waals surface area (Å²) in [6, 6.07) is 12.9. The summed E-state index contributed by atoms with van der Waals surface area (Å²) in [4.78, 5) is 37.3. The van der Waals surface area contributed by atoms with Crippen molar-refractivity contribution < 1.29 is 23.9 Å². The first kappa shape index (κ1) is 28.5. The summed E-state index contributed by atoms with van der Waals surface area (Å²) in [7, 11) is 2.87. The molecule has 0 saturated carbocycles. The normalized spacial score (nSPS) is 11.5. The highest BCUT2D eigenvalue weighted by Gasteiger charge is 2.26. The predicted octanol–water partition coefficient (Wildman–Crippen LogP) is 4.12. The minimum absolute atomic E-state index is 0.00759. The van der Waals surface area contributed by atoms with Crippen LogP contribution in [0.2, 0.25) is 0 Å². The van der Waals surface area contributed by atoms with Crippen molar-refractivity contribution in [3.63, 3.8) is 0 Å². The van der Waals surface area contributed by atoms with E-state index in [1.807, 2.05) is 18.4 Å². The van der Waals surface area contributed by atoms with Gasteiger partial charge in [0.05, 0.1) is 31.6 Å². The molecule has 11 heteroatoms. The Hall–Kier alpha value is -4.12. The van der Waals surface area contributed by atoms with Crippen LogP contribution in [0.3, 0.4) is 0 Å². The van der Waals surface area contributed by atoms with Crippen LogP contribution in [-0.4, -0.2) is 52.5 Å². The van der Waals surface area contributed by atoms with E-state index in [-0.39, 0.29) is 23.5 Å². The number of aromatic nitrogens is 3. The number of methoxy groups -OCH3 is 2. The van der Waals surface area contributed by atoms with Gasteiger partial charge < -0.3 is 24.7 Å². The van der Waals surface area contributed by atoms with Gasteiger partial charge in [-0.05, 0) is 48.4 Å². The Labute approximate surface area is 225 Å². The molecule has 3 aromatic rings. The monoisotopic (exact) mass is 537 g/mol. The van der Waals surface area contributed by atoms with Gasteiger partial charge in [0, 0.05) is 17.8 Å². The molecule has 0 saturated heterocycles. The molecule has 0 aliphatic rings. The highest BCUT2D eigenvalue weighted by molar-refractivity contribution is 7.99. The molecule has 2 N–H and O–H groups in total. The lowest BCUT2D eigenvalue weighted by atomic mass is 10.0. The lowest BCUT2D eigenvalue weighted by molar-refractivity contribution is -0.113. The van der Waals surface area contributed by atoms with Crippen LogP contribution >= 0.6 is 11.8 Å². The largest absolute Gasteiger partial charge is 0.497 e. The van der Waals surface area contributed by atoms with Crippen molar-refractivity contribution in [3.05, 3.63) is 78.1 Å². The van der Waals surface area contributed by atoms with Crippen molar-refractivity contribution in [2.45, 2.75) is 31.6 Å². The smallest absolute Gasteiger partial charge is 0.337 e. The number of esters is 1. The Morgan fingerprint density at radius 1 is 1.08 bits per heavy atom. The van der Waals surface area contributed by atoms with Crippen LogP contribution in [0.5, 0.6) is 5.75 Å². The first-order chi connectivity index (χ1) is 18.3. The second kappa shape index (κ2) is 13.4. The van der Waals surface area contributed by atoms with E-state index in [0.29, 0.717) is 40.1 Å². The second-order valence-corrected chi connectivity index (χ2v) is 9.52. The third-order valence-corrected chi connectivity index (χ3v) is 6.51. The zero-order valence-electron chi connectivity index (χ0n) is 21.8. The molecule has 0 spiro atoms. The van der Waals surface area contributed by atoms with Crippen LogP contribution < -0.4 is 15.4 Å². The average Bonchev–Trinajstić information content (AvgIpc) is 3.32. The van der Waals surface area contributed by atoms with Gasteiger partial charge in [0.25, 0.3) is 5.91 Å². The third kappa shape index (κ3) is 7.22. The molecule has 200 valence electrons. The van der Waals surface area contributed by atoms with Gasteiger partial charge in [-0.1, -0.05) is 37.8 Å².